The van der Waals surface area contributed by atoms with Crippen LogP contribution >= 0.6 is 0 Å². The highest BCUT2D eigenvalue weighted by molar-refractivity contribution is 6.52. The summed E-state index contributed by atoms with van der Waals surface area (Å²) >= 11 is 0. The molecule has 0 bridgehead atoms. The minimum Gasteiger partial charge on any atom is -0.299 e. The van der Waals surface area contributed by atoms with E-state index >= 15 is 0 Å². The van der Waals surface area contributed by atoms with Gasteiger partial charge in [0.1, 0.15) is 5.71 Å². The van der Waals surface area contributed by atoms with Crippen LogP contribution in [0.3, 0.4) is 0 Å². The molecule has 0 atom stereocenters. The molecule has 0 unspecified atom stereocenters. The summed E-state index contributed by atoms with van der Waals surface area (Å²) < 4.78 is 0. The number of benzene rings is 6. The molecule has 0 amide bonds. The normalized spacial score (nSPS) is 13.9. The van der Waals surface area contributed by atoms with Crippen molar-refractivity contribution in [3.8, 4) is 22.3 Å². The van der Waals surface area contributed by atoms with Gasteiger partial charge in [-0.05, 0) is 85.8 Å². The summed E-state index contributed by atoms with van der Waals surface area (Å²) in [5.74, 6) is 0. The van der Waals surface area contributed by atoms with E-state index in [-0.39, 0.29) is 0 Å². The lowest BCUT2D eigenvalue weighted by molar-refractivity contribution is 1.34. The molecule has 0 radical (unpaired) electrons. The Morgan fingerprint density at radius 3 is 1.89 bits per heavy atom. The van der Waals surface area contributed by atoms with Crippen LogP contribution in [0.1, 0.15) is 5.56 Å². The van der Waals surface area contributed by atoms with Gasteiger partial charge in [-0.2, -0.15) is 5.10 Å². The van der Waals surface area contributed by atoms with Crippen LogP contribution in [0.25, 0.3) is 60.3 Å². The second-order valence-corrected chi connectivity index (χ2v) is 11.2. The van der Waals surface area contributed by atoms with E-state index in [4.69, 9.17) is 5.41 Å². The predicted molar refractivity (Wildman–Crippen MR) is 190 cm³/mol. The van der Waals surface area contributed by atoms with Crippen molar-refractivity contribution in [2.45, 2.75) is 0 Å². The zero-order chi connectivity index (χ0) is 30.2. The number of hydrazone groups is 1. The molecule has 0 saturated heterocycles. The summed E-state index contributed by atoms with van der Waals surface area (Å²) in [5, 5.41) is 19.2. The molecule has 6 aromatic carbocycles. The fourth-order valence-corrected chi connectivity index (χ4v) is 6.23. The number of nitrogens with one attached hydrogen (secondary N) is 2. The van der Waals surface area contributed by atoms with Gasteiger partial charge in [-0.15, -0.1) is 0 Å². The number of allylic oxidation sites excluding steroid dienone is 4. The Labute approximate surface area is 261 Å². The van der Waals surface area contributed by atoms with E-state index in [2.05, 4.69) is 119 Å². The monoisotopic (exact) mass is 576 g/mol. The van der Waals surface area contributed by atoms with Crippen molar-refractivity contribution in [1.29, 1.82) is 5.41 Å². The summed E-state index contributed by atoms with van der Waals surface area (Å²) in [6.45, 7) is 0. The van der Waals surface area contributed by atoms with Crippen LogP contribution < -0.4 is 5.43 Å². The molecule has 212 valence electrons. The Bertz CT molecular complexity index is 2290. The van der Waals surface area contributed by atoms with Gasteiger partial charge in [0.25, 0.3) is 0 Å². The van der Waals surface area contributed by atoms with Crippen molar-refractivity contribution < 1.29 is 0 Å². The van der Waals surface area contributed by atoms with Gasteiger partial charge in [0.05, 0.1) is 16.9 Å². The van der Waals surface area contributed by atoms with Crippen molar-refractivity contribution in [2.24, 2.45) is 5.10 Å². The van der Waals surface area contributed by atoms with Gasteiger partial charge in [-0.3, -0.25) is 15.8 Å². The Hall–Kier alpha value is -6.13. The summed E-state index contributed by atoms with van der Waals surface area (Å²) in [6.07, 6.45) is 7.79. The van der Waals surface area contributed by atoms with Crippen LogP contribution in [-0.4, -0.2) is 16.4 Å². The molecule has 2 N–H and O–H groups in total. The predicted octanol–water partition coefficient (Wildman–Crippen LogP) is 10.3. The fraction of sp³-hybridized carbons (Fsp3) is 0. The van der Waals surface area contributed by atoms with Crippen molar-refractivity contribution >= 4 is 55.1 Å². The highest BCUT2D eigenvalue weighted by Gasteiger charge is 2.19. The number of anilines is 1. The highest BCUT2D eigenvalue weighted by atomic mass is 15.3. The maximum Gasteiger partial charge on any atom is 0.109 e. The molecule has 1 aliphatic rings. The maximum absolute atomic E-state index is 8.64. The Kier molecular flexibility index (Phi) is 6.58. The molecule has 0 aliphatic heterocycles. The first kappa shape index (κ1) is 26.5. The van der Waals surface area contributed by atoms with E-state index < -0.39 is 0 Å². The van der Waals surface area contributed by atoms with Gasteiger partial charge in [-0.25, -0.2) is 0 Å². The average Bonchev–Trinajstić information content (AvgIpc) is 3.10. The summed E-state index contributed by atoms with van der Waals surface area (Å²) in [5.41, 5.74) is 12.7. The van der Waals surface area contributed by atoms with Crippen molar-refractivity contribution in [2.75, 3.05) is 5.43 Å². The number of aromatic nitrogens is 1. The van der Waals surface area contributed by atoms with Crippen LogP contribution in [0.2, 0.25) is 0 Å². The molecule has 7 aromatic rings. The first-order valence-electron chi connectivity index (χ1n) is 15.0. The number of hydrogen-bond donors (Lipinski definition) is 2. The minimum atomic E-state index is 0.361. The van der Waals surface area contributed by atoms with E-state index in [1.807, 2.05) is 54.8 Å². The van der Waals surface area contributed by atoms with E-state index in [1.165, 1.54) is 32.7 Å². The number of pyridine rings is 1. The van der Waals surface area contributed by atoms with Crippen LogP contribution in [0, 0.1) is 5.41 Å². The number of rotatable bonds is 5. The van der Waals surface area contributed by atoms with Crippen LogP contribution in [0.5, 0.6) is 0 Å². The second kappa shape index (κ2) is 11.2. The highest BCUT2D eigenvalue weighted by Crippen LogP contribution is 2.42. The molecule has 1 aliphatic carbocycles. The Morgan fingerprint density at radius 1 is 0.556 bits per heavy atom. The van der Waals surface area contributed by atoms with Gasteiger partial charge >= 0.3 is 0 Å². The summed E-state index contributed by atoms with van der Waals surface area (Å²) in [7, 11) is 0. The molecule has 8 rings (SSSR count). The third-order valence-electron chi connectivity index (χ3n) is 8.39. The lowest BCUT2D eigenvalue weighted by atomic mass is 9.84. The van der Waals surface area contributed by atoms with Crippen molar-refractivity contribution in [3.05, 3.63) is 163 Å². The van der Waals surface area contributed by atoms with Gasteiger partial charge in [-0.1, -0.05) is 115 Å². The molecular formula is C41H28N4. The molecule has 4 heteroatoms. The van der Waals surface area contributed by atoms with E-state index in [0.29, 0.717) is 11.4 Å². The molecule has 45 heavy (non-hydrogen) atoms. The van der Waals surface area contributed by atoms with Crippen molar-refractivity contribution in [1.82, 2.24) is 4.98 Å². The number of para-hydroxylation sites is 1. The Morgan fingerprint density at radius 2 is 1.18 bits per heavy atom. The maximum atomic E-state index is 8.64. The molecule has 0 fully saturated rings. The number of fused-ring (bicyclic) bond motifs is 3. The average molecular weight is 577 g/mol. The molecule has 0 spiro atoms. The minimum absolute atomic E-state index is 0.361. The van der Waals surface area contributed by atoms with Gasteiger partial charge < -0.3 is 0 Å². The summed E-state index contributed by atoms with van der Waals surface area (Å²) in [4.78, 5) is 4.60. The molecule has 4 nitrogen and oxygen atoms in total. The Balaban J connectivity index is 1.16. The van der Waals surface area contributed by atoms with Crippen LogP contribution in [0.4, 0.5) is 5.69 Å². The molecule has 0 saturated carbocycles. The van der Waals surface area contributed by atoms with Crippen LogP contribution in [0.15, 0.2) is 163 Å². The third kappa shape index (κ3) is 4.89. The molecule has 1 aromatic heterocycles. The second-order valence-electron chi connectivity index (χ2n) is 11.2. The first-order valence-corrected chi connectivity index (χ1v) is 15.0. The molecule has 1 heterocycles. The number of nitrogens with zero attached hydrogens (tertiary/aromatic N) is 2. The first-order chi connectivity index (χ1) is 22.2. The van der Waals surface area contributed by atoms with E-state index in [1.54, 1.807) is 0 Å². The topological polar surface area (TPSA) is 61.1 Å². The third-order valence-corrected chi connectivity index (χ3v) is 8.39. The standard InChI is InChI=1S/C41H28N4/c42-37-23-20-30(25-39(37)45-44-32-21-18-27(19-22-32)31-24-29-12-4-9-17-38(29)43-26-31)41-35-15-7-5-13-33(35)40(28-10-2-1-3-11-28)34-14-6-8-16-36(34)41/h1-26,42,44H/b42-37?,45-39-. The zero-order valence-electron chi connectivity index (χ0n) is 24.4. The SMILES string of the molecule is N=C1C=CC(c2c3ccccc3c(-c3ccccc3)c3ccccc23)=C/C1=N/Nc1ccc(-c2cnc3ccccc3c2)cc1. The largest absolute Gasteiger partial charge is 0.299 e. The van der Waals surface area contributed by atoms with Crippen molar-refractivity contribution in [3.63, 3.8) is 0 Å². The summed E-state index contributed by atoms with van der Waals surface area (Å²) in [6, 6.07) is 46.2. The van der Waals surface area contributed by atoms with E-state index in [0.717, 1.165) is 38.9 Å². The molecular weight excluding hydrogens is 548 g/mol. The number of hydrogen-bond acceptors (Lipinski definition) is 4. The van der Waals surface area contributed by atoms with E-state index in [9.17, 15) is 0 Å². The quantitative estimate of drug-likeness (QED) is 0.122. The lowest BCUT2D eigenvalue weighted by Crippen LogP contribution is -2.14. The van der Waals surface area contributed by atoms with Gasteiger partial charge in [0.2, 0.25) is 0 Å². The van der Waals surface area contributed by atoms with Gasteiger partial charge in [0.15, 0.2) is 0 Å². The fourth-order valence-electron chi connectivity index (χ4n) is 6.23. The van der Waals surface area contributed by atoms with Gasteiger partial charge in [0, 0.05) is 17.1 Å². The lowest BCUT2D eigenvalue weighted by Gasteiger charge is -2.19. The smallest absolute Gasteiger partial charge is 0.109 e. The zero-order valence-corrected chi connectivity index (χ0v) is 24.4. The van der Waals surface area contributed by atoms with Crippen LogP contribution in [-0.2, 0) is 0 Å².